The van der Waals surface area contributed by atoms with Crippen molar-refractivity contribution in [1.82, 2.24) is 10.1 Å². The zero-order valence-electron chi connectivity index (χ0n) is 9.68. The van der Waals surface area contributed by atoms with Gasteiger partial charge in [-0.05, 0) is 12.1 Å². The minimum atomic E-state index is -1.43. The summed E-state index contributed by atoms with van der Waals surface area (Å²) in [4.78, 5) is 14.8. The van der Waals surface area contributed by atoms with E-state index in [-0.39, 0.29) is 23.9 Å². The minimum Gasteiger partial charge on any atom is -0.478 e. The van der Waals surface area contributed by atoms with E-state index in [2.05, 4.69) is 10.1 Å². The first-order valence-electron chi connectivity index (χ1n) is 5.07. The normalized spacial score (nSPS) is 10.7. The summed E-state index contributed by atoms with van der Waals surface area (Å²) >= 11 is 0. The molecule has 8 heteroatoms. The van der Waals surface area contributed by atoms with Gasteiger partial charge in [0, 0.05) is 7.11 Å². The van der Waals surface area contributed by atoms with Crippen LogP contribution in [0.3, 0.4) is 0 Å². The molecule has 0 unspecified atom stereocenters. The maximum Gasteiger partial charge on any atom is 0.336 e. The molecule has 2 aromatic rings. The van der Waals surface area contributed by atoms with Crippen LogP contribution in [0.15, 0.2) is 16.7 Å². The molecular formula is C11H8F2N2O4. The Hall–Kier alpha value is -2.35. The van der Waals surface area contributed by atoms with Crippen LogP contribution in [-0.2, 0) is 11.3 Å². The van der Waals surface area contributed by atoms with Crippen LogP contribution in [0.5, 0.6) is 0 Å². The molecule has 0 radical (unpaired) electrons. The Morgan fingerprint density at radius 3 is 2.74 bits per heavy atom. The van der Waals surface area contributed by atoms with Crippen LogP contribution < -0.4 is 0 Å². The van der Waals surface area contributed by atoms with Crippen molar-refractivity contribution in [1.29, 1.82) is 0 Å². The van der Waals surface area contributed by atoms with Gasteiger partial charge in [0.25, 0.3) is 5.89 Å². The lowest BCUT2D eigenvalue weighted by Crippen LogP contribution is -2.02. The van der Waals surface area contributed by atoms with E-state index in [0.29, 0.717) is 12.1 Å². The van der Waals surface area contributed by atoms with Crippen LogP contribution in [0.1, 0.15) is 16.2 Å². The number of halogens is 2. The summed E-state index contributed by atoms with van der Waals surface area (Å²) in [5.41, 5.74) is -0.659. The molecule has 19 heavy (non-hydrogen) atoms. The molecule has 1 aromatic carbocycles. The van der Waals surface area contributed by atoms with E-state index < -0.39 is 23.2 Å². The number of hydrogen-bond acceptors (Lipinski definition) is 5. The van der Waals surface area contributed by atoms with E-state index in [0.717, 1.165) is 0 Å². The van der Waals surface area contributed by atoms with Crippen LogP contribution >= 0.6 is 0 Å². The lowest BCUT2D eigenvalue weighted by atomic mass is 10.1. The molecule has 0 aliphatic carbocycles. The second-order valence-corrected chi connectivity index (χ2v) is 3.57. The van der Waals surface area contributed by atoms with Crippen LogP contribution in [0.2, 0.25) is 0 Å². The number of carboxylic acid groups (broad SMARTS) is 1. The quantitative estimate of drug-likeness (QED) is 0.912. The van der Waals surface area contributed by atoms with Gasteiger partial charge in [-0.3, -0.25) is 0 Å². The van der Waals surface area contributed by atoms with E-state index in [1.807, 2.05) is 0 Å². The summed E-state index contributed by atoms with van der Waals surface area (Å²) in [6.45, 7) is 0.0512. The van der Waals surface area contributed by atoms with Crippen molar-refractivity contribution < 1.29 is 27.9 Å². The Balaban J connectivity index is 2.53. The van der Waals surface area contributed by atoms with Crippen LogP contribution in [0.25, 0.3) is 11.5 Å². The van der Waals surface area contributed by atoms with Crippen molar-refractivity contribution in [2.75, 3.05) is 7.11 Å². The molecular weight excluding hydrogens is 262 g/mol. The van der Waals surface area contributed by atoms with Gasteiger partial charge in [-0.2, -0.15) is 4.98 Å². The maximum absolute atomic E-state index is 13.2. The second-order valence-electron chi connectivity index (χ2n) is 3.57. The number of aromatic carboxylic acids is 1. The molecule has 0 aliphatic rings. The fraction of sp³-hybridized carbons (Fsp3) is 0.182. The smallest absolute Gasteiger partial charge is 0.336 e. The van der Waals surface area contributed by atoms with Crippen molar-refractivity contribution in [2.45, 2.75) is 6.61 Å². The first kappa shape index (κ1) is 13.1. The van der Waals surface area contributed by atoms with Crippen LogP contribution in [0, 0.1) is 11.6 Å². The Morgan fingerprint density at radius 2 is 2.11 bits per heavy atom. The van der Waals surface area contributed by atoms with Crippen molar-refractivity contribution in [3.05, 3.63) is 35.2 Å². The van der Waals surface area contributed by atoms with Gasteiger partial charge in [-0.25, -0.2) is 13.6 Å². The summed E-state index contributed by atoms with van der Waals surface area (Å²) in [6.07, 6.45) is 0. The average Bonchev–Trinajstić information content (AvgIpc) is 2.81. The Bertz CT molecular complexity index is 627. The predicted molar refractivity (Wildman–Crippen MR) is 57.3 cm³/mol. The SMILES string of the molecule is COCc1noc(-c2cc(F)c(F)cc2C(=O)O)n1. The van der Waals surface area contributed by atoms with Gasteiger partial charge in [0.1, 0.15) is 6.61 Å². The fourth-order valence-corrected chi connectivity index (χ4v) is 1.45. The predicted octanol–water partition coefficient (Wildman–Crippen LogP) is 1.86. The molecule has 0 saturated carbocycles. The van der Waals surface area contributed by atoms with E-state index >= 15 is 0 Å². The summed E-state index contributed by atoms with van der Waals surface area (Å²) in [7, 11) is 1.41. The molecule has 0 fully saturated rings. The van der Waals surface area contributed by atoms with Gasteiger partial charge < -0.3 is 14.4 Å². The molecule has 0 amide bonds. The number of aromatic nitrogens is 2. The lowest BCUT2D eigenvalue weighted by molar-refractivity contribution is 0.0696. The molecule has 0 spiro atoms. The molecule has 1 N–H and O–H groups in total. The standard InChI is InChI=1S/C11H8F2N2O4/c1-18-4-9-14-10(19-15-9)5-2-7(12)8(13)3-6(5)11(16)17/h2-3H,4H2,1H3,(H,16,17). The molecule has 100 valence electrons. The number of carbonyl (C=O) groups is 1. The lowest BCUT2D eigenvalue weighted by Gasteiger charge is -2.02. The van der Waals surface area contributed by atoms with Gasteiger partial charge in [0.2, 0.25) is 0 Å². The van der Waals surface area contributed by atoms with E-state index in [1.54, 1.807) is 0 Å². The number of ether oxygens (including phenoxy) is 1. The zero-order chi connectivity index (χ0) is 14.0. The average molecular weight is 270 g/mol. The molecule has 1 heterocycles. The number of hydrogen-bond donors (Lipinski definition) is 1. The topological polar surface area (TPSA) is 85.5 Å². The van der Waals surface area contributed by atoms with Crippen molar-refractivity contribution in [3.8, 4) is 11.5 Å². The van der Waals surface area contributed by atoms with Crippen LogP contribution in [-0.4, -0.2) is 28.3 Å². The second kappa shape index (κ2) is 5.11. The van der Waals surface area contributed by atoms with Crippen molar-refractivity contribution >= 4 is 5.97 Å². The summed E-state index contributed by atoms with van der Waals surface area (Å²) in [5, 5.41) is 12.5. The van der Waals surface area contributed by atoms with Crippen LogP contribution in [0.4, 0.5) is 8.78 Å². The van der Waals surface area contributed by atoms with Gasteiger partial charge >= 0.3 is 5.97 Å². The first-order valence-corrected chi connectivity index (χ1v) is 5.07. The Morgan fingerprint density at radius 1 is 1.42 bits per heavy atom. The molecule has 0 atom stereocenters. The van der Waals surface area contributed by atoms with Gasteiger partial charge in [-0.15, -0.1) is 0 Å². The van der Waals surface area contributed by atoms with Gasteiger partial charge in [0.05, 0.1) is 11.1 Å². The number of nitrogens with zero attached hydrogens (tertiary/aromatic N) is 2. The first-order chi connectivity index (χ1) is 9.02. The highest BCUT2D eigenvalue weighted by atomic mass is 19.2. The summed E-state index contributed by atoms with van der Waals surface area (Å²) in [5.74, 6) is -3.95. The van der Waals surface area contributed by atoms with E-state index in [1.165, 1.54) is 7.11 Å². The van der Waals surface area contributed by atoms with E-state index in [4.69, 9.17) is 14.4 Å². The summed E-state index contributed by atoms with van der Waals surface area (Å²) < 4.78 is 35.8. The third kappa shape index (κ3) is 2.58. The third-order valence-corrected chi connectivity index (χ3v) is 2.26. The van der Waals surface area contributed by atoms with E-state index in [9.17, 15) is 13.6 Å². The fourth-order valence-electron chi connectivity index (χ4n) is 1.45. The molecule has 0 saturated heterocycles. The van der Waals surface area contributed by atoms with Crippen molar-refractivity contribution in [3.63, 3.8) is 0 Å². The third-order valence-electron chi connectivity index (χ3n) is 2.26. The van der Waals surface area contributed by atoms with Gasteiger partial charge in [-0.1, -0.05) is 5.16 Å². The highest BCUT2D eigenvalue weighted by Crippen LogP contribution is 2.25. The Kier molecular flexibility index (Phi) is 3.52. The number of rotatable bonds is 4. The number of methoxy groups -OCH3 is 1. The summed E-state index contributed by atoms with van der Waals surface area (Å²) in [6, 6.07) is 1.26. The molecule has 6 nitrogen and oxygen atoms in total. The van der Waals surface area contributed by atoms with Crippen molar-refractivity contribution in [2.24, 2.45) is 0 Å². The number of carboxylic acids is 1. The monoisotopic (exact) mass is 270 g/mol. The Labute approximate surface area is 105 Å². The highest BCUT2D eigenvalue weighted by molar-refractivity contribution is 5.94. The largest absolute Gasteiger partial charge is 0.478 e. The maximum atomic E-state index is 13.2. The highest BCUT2D eigenvalue weighted by Gasteiger charge is 2.20. The molecule has 2 rings (SSSR count). The zero-order valence-corrected chi connectivity index (χ0v) is 9.68. The minimum absolute atomic E-state index is 0.0512. The molecule has 0 aliphatic heterocycles. The molecule has 1 aromatic heterocycles. The van der Waals surface area contributed by atoms with Gasteiger partial charge in [0.15, 0.2) is 17.5 Å². The molecule has 0 bridgehead atoms. The number of benzene rings is 1.